The average molecular weight is 327 g/mol. The quantitative estimate of drug-likeness (QED) is 0.850. The van der Waals surface area contributed by atoms with E-state index in [0.717, 1.165) is 31.7 Å². The fourth-order valence-electron chi connectivity index (χ4n) is 2.98. The Labute approximate surface area is 130 Å². The first-order valence-electron chi connectivity index (χ1n) is 7.36. The van der Waals surface area contributed by atoms with Gasteiger partial charge in [-0.05, 0) is 31.0 Å². The zero-order chi connectivity index (χ0) is 16.6. The monoisotopic (exact) mass is 327 g/mol. The molecule has 124 valence electrons. The maximum Gasteiger partial charge on any atom is 0.418 e. The summed E-state index contributed by atoms with van der Waals surface area (Å²) < 4.78 is 41.2. The molecule has 1 saturated carbocycles. The summed E-state index contributed by atoms with van der Waals surface area (Å²) in [6, 6.07) is 3.40. The Morgan fingerprint density at radius 1 is 1.22 bits per heavy atom. The Kier molecular flexibility index (Phi) is 4.11. The van der Waals surface area contributed by atoms with E-state index >= 15 is 0 Å². The number of aliphatic hydroxyl groups excluding tert-OH is 1. The van der Waals surface area contributed by atoms with E-state index < -0.39 is 18.0 Å². The number of aliphatic hydroxyl groups is 2. The van der Waals surface area contributed by atoms with E-state index in [1.54, 1.807) is 0 Å². The molecule has 3 rings (SSSR count). The highest BCUT2D eigenvalue weighted by molar-refractivity contribution is 5.61. The molecule has 0 spiro atoms. The van der Waals surface area contributed by atoms with E-state index in [-0.39, 0.29) is 23.1 Å². The number of pyridine rings is 1. The first kappa shape index (κ1) is 15.9. The van der Waals surface area contributed by atoms with Gasteiger partial charge in [0, 0.05) is 6.20 Å². The molecular weight excluding hydrogens is 311 g/mol. The van der Waals surface area contributed by atoms with Gasteiger partial charge >= 0.3 is 6.18 Å². The van der Waals surface area contributed by atoms with Crippen molar-refractivity contribution in [1.29, 1.82) is 0 Å². The molecule has 0 unspecified atom stereocenters. The Morgan fingerprint density at radius 2 is 1.91 bits per heavy atom. The predicted molar refractivity (Wildman–Crippen MR) is 75.1 cm³/mol. The average Bonchev–Trinajstić information content (AvgIpc) is 3.15. The molecule has 2 aromatic heterocycles. The number of aromatic nitrogens is 3. The molecule has 23 heavy (non-hydrogen) atoms. The minimum absolute atomic E-state index is 0.0550. The highest BCUT2D eigenvalue weighted by atomic mass is 19.4. The van der Waals surface area contributed by atoms with Gasteiger partial charge in [-0.15, -0.1) is 0 Å². The minimum atomic E-state index is -4.55. The van der Waals surface area contributed by atoms with Crippen molar-refractivity contribution in [2.24, 2.45) is 0 Å². The molecule has 0 bridgehead atoms. The van der Waals surface area contributed by atoms with Crippen molar-refractivity contribution in [3.05, 3.63) is 35.7 Å². The normalized spacial score (nSPS) is 16.4. The van der Waals surface area contributed by atoms with Crippen molar-refractivity contribution >= 4 is 0 Å². The zero-order valence-electron chi connectivity index (χ0n) is 12.2. The Morgan fingerprint density at radius 3 is 2.52 bits per heavy atom. The van der Waals surface area contributed by atoms with Crippen LogP contribution in [-0.2, 0) is 6.18 Å². The number of halogens is 3. The standard InChI is InChI=1S/C15H16F3N3O2/c16-15(17,18)10-6-3-7-19-13(10)12-8-11(14(22)23)20-21(12)9-4-1-2-5-9/h3,6-9,14,22-23H,1-2,4-5H2. The summed E-state index contributed by atoms with van der Waals surface area (Å²) in [5.41, 5.74) is -1.02. The van der Waals surface area contributed by atoms with Gasteiger partial charge in [-0.1, -0.05) is 12.8 Å². The van der Waals surface area contributed by atoms with Crippen LogP contribution in [0.4, 0.5) is 13.2 Å². The summed E-state index contributed by atoms with van der Waals surface area (Å²) in [5.74, 6) is 0. The molecule has 5 nitrogen and oxygen atoms in total. The molecule has 0 amide bonds. The molecule has 1 fully saturated rings. The highest BCUT2D eigenvalue weighted by Crippen LogP contribution is 2.39. The fourth-order valence-corrected chi connectivity index (χ4v) is 2.98. The van der Waals surface area contributed by atoms with E-state index in [4.69, 9.17) is 0 Å². The van der Waals surface area contributed by atoms with E-state index in [1.165, 1.54) is 23.0 Å². The van der Waals surface area contributed by atoms with Crippen molar-refractivity contribution in [2.45, 2.75) is 44.2 Å². The van der Waals surface area contributed by atoms with E-state index in [1.807, 2.05) is 0 Å². The number of hydrogen-bond acceptors (Lipinski definition) is 4. The third kappa shape index (κ3) is 3.09. The highest BCUT2D eigenvalue weighted by Gasteiger charge is 2.36. The Balaban J connectivity index is 2.16. The van der Waals surface area contributed by atoms with Gasteiger partial charge in [0.05, 0.1) is 17.3 Å². The van der Waals surface area contributed by atoms with Crippen molar-refractivity contribution in [2.75, 3.05) is 0 Å². The SMILES string of the molecule is OC(O)c1cc(-c2ncccc2C(F)(F)F)n(C2CCCC2)n1. The van der Waals surface area contributed by atoms with Gasteiger partial charge in [0.25, 0.3) is 0 Å². The van der Waals surface area contributed by atoms with Gasteiger partial charge < -0.3 is 10.2 Å². The van der Waals surface area contributed by atoms with Crippen LogP contribution in [0.1, 0.15) is 49.3 Å². The van der Waals surface area contributed by atoms with Gasteiger partial charge in [0.2, 0.25) is 0 Å². The van der Waals surface area contributed by atoms with Crippen molar-refractivity contribution in [3.8, 4) is 11.4 Å². The summed E-state index contributed by atoms with van der Waals surface area (Å²) in [6.45, 7) is 0. The summed E-state index contributed by atoms with van der Waals surface area (Å²) in [7, 11) is 0. The van der Waals surface area contributed by atoms with Gasteiger partial charge in [-0.2, -0.15) is 18.3 Å². The maximum atomic E-state index is 13.2. The third-order valence-corrected chi connectivity index (χ3v) is 4.05. The van der Waals surface area contributed by atoms with Crippen LogP contribution in [0.15, 0.2) is 24.4 Å². The van der Waals surface area contributed by atoms with Crippen molar-refractivity contribution in [1.82, 2.24) is 14.8 Å². The lowest BCUT2D eigenvalue weighted by atomic mass is 10.1. The second-order valence-corrected chi connectivity index (χ2v) is 5.61. The van der Waals surface area contributed by atoms with Gasteiger partial charge in [0.1, 0.15) is 11.4 Å². The second kappa shape index (κ2) is 5.93. The number of nitrogens with zero attached hydrogens (tertiary/aromatic N) is 3. The molecule has 0 radical (unpaired) electrons. The molecule has 0 atom stereocenters. The summed E-state index contributed by atoms with van der Waals surface area (Å²) >= 11 is 0. The van der Waals surface area contributed by atoms with Crippen LogP contribution in [0, 0.1) is 0 Å². The van der Waals surface area contributed by atoms with Crippen LogP contribution < -0.4 is 0 Å². The van der Waals surface area contributed by atoms with Crippen LogP contribution in [0.5, 0.6) is 0 Å². The van der Waals surface area contributed by atoms with Crippen molar-refractivity contribution < 1.29 is 23.4 Å². The minimum Gasteiger partial charge on any atom is -0.363 e. The van der Waals surface area contributed by atoms with E-state index in [0.29, 0.717) is 0 Å². The second-order valence-electron chi connectivity index (χ2n) is 5.61. The molecule has 1 aliphatic carbocycles. The molecule has 2 heterocycles. The Bertz CT molecular complexity index is 692. The van der Waals surface area contributed by atoms with Gasteiger partial charge in [-0.25, -0.2) is 0 Å². The van der Waals surface area contributed by atoms with Crippen LogP contribution in [0.3, 0.4) is 0 Å². The number of hydrogen-bond donors (Lipinski definition) is 2. The molecule has 2 N–H and O–H groups in total. The largest absolute Gasteiger partial charge is 0.418 e. The molecular formula is C15H16F3N3O2. The molecule has 0 aliphatic heterocycles. The first-order valence-corrected chi connectivity index (χ1v) is 7.36. The van der Waals surface area contributed by atoms with Crippen molar-refractivity contribution in [3.63, 3.8) is 0 Å². The maximum absolute atomic E-state index is 13.2. The fraction of sp³-hybridized carbons (Fsp3) is 0.467. The molecule has 0 saturated heterocycles. The summed E-state index contributed by atoms with van der Waals surface area (Å²) in [5, 5.41) is 22.7. The number of rotatable bonds is 3. The van der Waals surface area contributed by atoms with Crippen LogP contribution >= 0.6 is 0 Å². The van der Waals surface area contributed by atoms with Gasteiger partial charge in [-0.3, -0.25) is 9.67 Å². The predicted octanol–water partition coefficient (Wildman–Crippen LogP) is 3.06. The lowest BCUT2D eigenvalue weighted by molar-refractivity contribution is -0.137. The smallest absolute Gasteiger partial charge is 0.363 e. The number of alkyl halides is 3. The van der Waals surface area contributed by atoms with E-state index in [2.05, 4.69) is 10.1 Å². The molecule has 1 aliphatic rings. The Hall–Kier alpha value is -1.93. The van der Waals surface area contributed by atoms with Gasteiger partial charge in [0.15, 0.2) is 6.29 Å². The van der Waals surface area contributed by atoms with Crippen LogP contribution in [-0.4, -0.2) is 25.0 Å². The molecule has 2 aromatic rings. The third-order valence-electron chi connectivity index (χ3n) is 4.05. The lowest BCUT2D eigenvalue weighted by Gasteiger charge is -2.16. The first-order chi connectivity index (χ1) is 10.9. The van der Waals surface area contributed by atoms with E-state index in [9.17, 15) is 23.4 Å². The molecule has 8 heteroatoms. The molecule has 0 aromatic carbocycles. The lowest BCUT2D eigenvalue weighted by Crippen LogP contribution is -2.13. The van der Waals surface area contributed by atoms with Crippen LogP contribution in [0.25, 0.3) is 11.4 Å². The summed E-state index contributed by atoms with van der Waals surface area (Å²) in [4.78, 5) is 3.88. The summed E-state index contributed by atoms with van der Waals surface area (Å²) in [6.07, 6.45) is -1.58. The van der Waals surface area contributed by atoms with Crippen LogP contribution in [0.2, 0.25) is 0 Å². The topological polar surface area (TPSA) is 71.2 Å². The zero-order valence-corrected chi connectivity index (χ0v) is 12.2.